The molecule has 0 radical (unpaired) electrons. The van der Waals surface area contributed by atoms with Crippen LogP contribution in [-0.2, 0) is 10.0 Å². The van der Waals surface area contributed by atoms with Crippen molar-refractivity contribution >= 4 is 21.7 Å². The van der Waals surface area contributed by atoms with Crippen LogP contribution in [0, 0.1) is 5.92 Å². The molecule has 1 rings (SSSR count). The van der Waals surface area contributed by atoms with E-state index in [9.17, 15) is 13.2 Å². The summed E-state index contributed by atoms with van der Waals surface area (Å²) >= 11 is 0. The molecule has 0 aliphatic heterocycles. The Morgan fingerprint density at radius 2 is 1.91 bits per heavy atom. The second-order valence-electron chi connectivity index (χ2n) is 6.05. The molecule has 1 atom stereocenters. The van der Waals surface area contributed by atoms with Crippen LogP contribution >= 0.6 is 0 Å². The first kappa shape index (κ1) is 19.4. The van der Waals surface area contributed by atoms with E-state index in [2.05, 4.69) is 10.0 Å². The van der Waals surface area contributed by atoms with Gasteiger partial charge in [0.25, 0.3) is 0 Å². The molecule has 23 heavy (non-hydrogen) atoms. The average molecular weight is 342 g/mol. The molecular formula is C16H26N2O4S. The van der Waals surface area contributed by atoms with Gasteiger partial charge >= 0.3 is 5.97 Å². The topological polar surface area (TPSA) is 95.5 Å². The fourth-order valence-corrected chi connectivity index (χ4v) is 3.16. The second kappa shape index (κ2) is 8.31. The molecule has 0 aromatic heterocycles. The Labute approximate surface area is 138 Å². The van der Waals surface area contributed by atoms with Gasteiger partial charge in [-0.05, 0) is 43.9 Å². The number of nitrogens with one attached hydrogen (secondary N) is 2. The van der Waals surface area contributed by atoms with E-state index in [4.69, 9.17) is 5.11 Å². The fraction of sp³-hybridized carbons (Fsp3) is 0.562. The summed E-state index contributed by atoms with van der Waals surface area (Å²) in [6.45, 7) is 8.26. The Morgan fingerprint density at radius 3 is 2.43 bits per heavy atom. The molecule has 6 nitrogen and oxygen atoms in total. The van der Waals surface area contributed by atoms with Crippen LogP contribution in [0.5, 0.6) is 0 Å². The van der Waals surface area contributed by atoms with Crippen molar-refractivity contribution in [2.75, 3.05) is 11.9 Å². The molecular weight excluding hydrogens is 316 g/mol. The molecule has 130 valence electrons. The van der Waals surface area contributed by atoms with Crippen LogP contribution in [0.4, 0.5) is 5.69 Å². The van der Waals surface area contributed by atoms with E-state index >= 15 is 0 Å². The zero-order valence-corrected chi connectivity index (χ0v) is 14.9. The van der Waals surface area contributed by atoms with E-state index in [0.717, 1.165) is 6.42 Å². The van der Waals surface area contributed by atoms with Crippen molar-refractivity contribution in [3.63, 3.8) is 0 Å². The number of benzene rings is 1. The van der Waals surface area contributed by atoms with Crippen molar-refractivity contribution in [3.8, 4) is 0 Å². The molecule has 0 saturated heterocycles. The minimum Gasteiger partial charge on any atom is -0.478 e. The summed E-state index contributed by atoms with van der Waals surface area (Å²) in [7, 11) is -3.77. The highest BCUT2D eigenvalue weighted by Crippen LogP contribution is 2.24. The summed E-state index contributed by atoms with van der Waals surface area (Å²) in [4.78, 5) is 11.1. The van der Waals surface area contributed by atoms with Crippen LogP contribution in [0.2, 0.25) is 0 Å². The van der Waals surface area contributed by atoms with Crippen LogP contribution in [0.15, 0.2) is 23.1 Å². The Balaban J connectivity index is 3.17. The summed E-state index contributed by atoms with van der Waals surface area (Å²) in [6.07, 6.45) is 1.53. The van der Waals surface area contributed by atoms with E-state index in [1.54, 1.807) is 0 Å². The van der Waals surface area contributed by atoms with Crippen molar-refractivity contribution < 1.29 is 18.3 Å². The zero-order valence-electron chi connectivity index (χ0n) is 14.1. The fourth-order valence-electron chi connectivity index (χ4n) is 1.92. The molecule has 0 aliphatic carbocycles. The summed E-state index contributed by atoms with van der Waals surface area (Å²) < 4.78 is 27.6. The molecule has 1 aromatic carbocycles. The maximum Gasteiger partial charge on any atom is 0.335 e. The van der Waals surface area contributed by atoms with Gasteiger partial charge in [0.2, 0.25) is 10.0 Å². The third kappa shape index (κ3) is 5.84. The highest BCUT2D eigenvalue weighted by molar-refractivity contribution is 7.89. The number of rotatable bonds is 9. The maximum absolute atomic E-state index is 12.5. The van der Waals surface area contributed by atoms with Gasteiger partial charge in [0.05, 0.1) is 11.3 Å². The van der Waals surface area contributed by atoms with E-state index in [0.29, 0.717) is 24.6 Å². The number of anilines is 1. The molecule has 0 unspecified atom stereocenters. The lowest BCUT2D eigenvalue weighted by Gasteiger charge is -2.18. The van der Waals surface area contributed by atoms with Gasteiger partial charge in [0, 0.05) is 12.6 Å². The van der Waals surface area contributed by atoms with Gasteiger partial charge in [0.15, 0.2) is 0 Å². The summed E-state index contributed by atoms with van der Waals surface area (Å²) in [6, 6.07) is 4.19. The smallest absolute Gasteiger partial charge is 0.335 e. The lowest BCUT2D eigenvalue weighted by Crippen LogP contribution is -2.27. The predicted molar refractivity (Wildman–Crippen MR) is 91.4 cm³/mol. The standard InChI is InChI=1S/C16H26N2O4S/c1-5-12(4)18-14-7-6-13(16(19)20)10-15(14)23(21,22)17-9-8-11(2)3/h6-7,10-12,17-18H,5,8-9H2,1-4H3,(H,19,20)/t12-/m1/s1. The lowest BCUT2D eigenvalue weighted by molar-refractivity contribution is 0.0696. The monoisotopic (exact) mass is 342 g/mol. The average Bonchev–Trinajstić information content (AvgIpc) is 2.46. The number of carboxylic acid groups (broad SMARTS) is 1. The molecule has 0 fully saturated rings. The number of carboxylic acids is 1. The summed E-state index contributed by atoms with van der Waals surface area (Å²) in [5, 5.41) is 12.2. The minimum absolute atomic E-state index is 0.0264. The number of aromatic carboxylic acids is 1. The summed E-state index contributed by atoms with van der Waals surface area (Å²) in [5.41, 5.74) is 0.366. The number of hydrogen-bond acceptors (Lipinski definition) is 4. The van der Waals surface area contributed by atoms with E-state index in [1.807, 2.05) is 27.7 Å². The van der Waals surface area contributed by atoms with E-state index < -0.39 is 16.0 Å². The van der Waals surface area contributed by atoms with Crippen molar-refractivity contribution in [2.45, 2.75) is 51.5 Å². The SMILES string of the molecule is CC[C@@H](C)Nc1ccc(C(=O)O)cc1S(=O)(=O)NCCC(C)C. The first-order chi connectivity index (χ1) is 10.7. The molecule has 0 aliphatic rings. The van der Waals surface area contributed by atoms with Crippen molar-refractivity contribution in [2.24, 2.45) is 5.92 Å². The number of hydrogen-bond donors (Lipinski definition) is 3. The Bertz CT molecular complexity index is 641. The van der Waals surface area contributed by atoms with Crippen molar-refractivity contribution in [1.82, 2.24) is 4.72 Å². The lowest BCUT2D eigenvalue weighted by atomic mass is 10.1. The summed E-state index contributed by atoms with van der Waals surface area (Å²) in [5.74, 6) is -0.778. The van der Waals surface area contributed by atoms with Gasteiger partial charge in [-0.15, -0.1) is 0 Å². The van der Waals surface area contributed by atoms with Gasteiger partial charge in [-0.1, -0.05) is 20.8 Å². The molecule has 0 amide bonds. The van der Waals surface area contributed by atoms with E-state index in [-0.39, 0.29) is 16.5 Å². The van der Waals surface area contributed by atoms with Crippen molar-refractivity contribution in [3.05, 3.63) is 23.8 Å². The van der Waals surface area contributed by atoms with Crippen LogP contribution in [0.1, 0.15) is 50.9 Å². The number of carbonyl (C=O) groups is 1. The molecule has 7 heteroatoms. The van der Waals surface area contributed by atoms with Gasteiger partial charge in [0.1, 0.15) is 4.90 Å². The molecule has 0 saturated carbocycles. The van der Waals surface area contributed by atoms with Gasteiger partial charge in [-0.2, -0.15) is 0 Å². The van der Waals surface area contributed by atoms with Crippen LogP contribution in [0.3, 0.4) is 0 Å². The zero-order chi connectivity index (χ0) is 17.6. The quantitative estimate of drug-likeness (QED) is 0.641. The number of sulfonamides is 1. The molecule has 0 bridgehead atoms. The largest absolute Gasteiger partial charge is 0.478 e. The molecule has 0 heterocycles. The van der Waals surface area contributed by atoms with Gasteiger partial charge in [-0.25, -0.2) is 17.9 Å². The van der Waals surface area contributed by atoms with Crippen LogP contribution in [0.25, 0.3) is 0 Å². The minimum atomic E-state index is -3.77. The Kier molecular flexibility index (Phi) is 7.02. The van der Waals surface area contributed by atoms with E-state index in [1.165, 1.54) is 18.2 Å². The molecule has 3 N–H and O–H groups in total. The Hall–Kier alpha value is -1.60. The van der Waals surface area contributed by atoms with Gasteiger partial charge < -0.3 is 10.4 Å². The predicted octanol–water partition coefficient (Wildman–Crippen LogP) is 2.92. The van der Waals surface area contributed by atoms with Crippen molar-refractivity contribution in [1.29, 1.82) is 0 Å². The second-order valence-corrected chi connectivity index (χ2v) is 7.79. The molecule has 0 spiro atoms. The third-order valence-corrected chi connectivity index (χ3v) is 5.05. The third-order valence-electron chi connectivity index (χ3n) is 3.55. The first-order valence-corrected chi connectivity index (χ1v) is 9.29. The van der Waals surface area contributed by atoms with Crippen LogP contribution < -0.4 is 10.0 Å². The highest BCUT2D eigenvalue weighted by atomic mass is 32.2. The highest BCUT2D eigenvalue weighted by Gasteiger charge is 2.21. The maximum atomic E-state index is 12.5. The normalized spacial score (nSPS) is 13.1. The molecule has 1 aromatic rings. The van der Waals surface area contributed by atoms with Gasteiger partial charge in [-0.3, -0.25) is 0 Å². The Morgan fingerprint density at radius 1 is 1.26 bits per heavy atom. The first-order valence-electron chi connectivity index (χ1n) is 7.81. The van der Waals surface area contributed by atoms with Crippen LogP contribution in [-0.4, -0.2) is 32.1 Å².